The molecule has 5 rings (SSSR count). The molecule has 1 aliphatic heterocycles. The predicted octanol–water partition coefficient (Wildman–Crippen LogP) is 1.86. The van der Waals surface area contributed by atoms with Gasteiger partial charge in [0.1, 0.15) is 5.69 Å². The van der Waals surface area contributed by atoms with Crippen LogP contribution in [0.4, 0.5) is 10.9 Å². The molecular weight excluding hydrogens is 404 g/mol. The zero-order valence-corrected chi connectivity index (χ0v) is 16.9. The molecule has 0 spiro atoms. The summed E-state index contributed by atoms with van der Waals surface area (Å²) in [7, 11) is 0. The molecule has 154 valence electrons. The third-order valence-electron chi connectivity index (χ3n) is 4.81. The van der Waals surface area contributed by atoms with Crippen molar-refractivity contribution >= 4 is 33.5 Å². The molecule has 10 nitrogen and oxygen atoms in total. The average molecular weight is 424 g/mol. The van der Waals surface area contributed by atoms with Crippen LogP contribution >= 0.6 is 11.3 Å². The Morgan fingerprint density at radius 1 is 1.20 bits per heavy atom. The minimum absolute atomic E-state index is 0.157. The van der Waals surface area contributed by atoms with Crippen molar-refractivity contribution in [2.24, 2.45) is 0 Å². The van der Waals surface area contributed by atoms with Crippen LogP contribution in [0.5, 0.6) is 0 Å². The van der Waals surface area contributed by atoms with Crippen LogP contribution in [0, 0.1) is 0 Å². The van der Waals surface area contributed by atoms with Gasteiger partial charge in [0.25, 0.3) is 0 Å². The molecular formula is C19H20N8O2S. The second kappa shape index (κ2) is 7.94. The van der Waals surface area contributed by atoms with E-state index >= 15 is 0 Å². The minimum atomic E-state index is 0.157. The minimum Gasteiger partial charge on any atom is -0.391 e. The van der Waals surface area contributed by atoms with Crippen LogP contribution in [-0.2, 0) is 22.6 Å². The van der Waals surface area contributed by atoms with Gasteiger partial charge in [-0.1, -0.05) is 11.3 Å². The van der Waals surface area contributed by atoms with Gasteiger partial charge in [0, 0.05) is 12.8 Å². The number of pyridine rings is 1. The largest absolute Gasteiger partial charge is 0.391 e. The highest BCUT2D eigenvalue weighted by molar-refractivity contribution is 7.19. The lowest BCUT2D eigenvalue weighted by atomic mass is 10.2. The molecule has 11 heteroatoms. The van der Waals surface area contributed by atoms with E-state index < -0.39 is 0 Å². The number of nitrogens with two attached hydrogens (primary N) is 2. The Labute approximate surface area is 175 Å². The Morgan fingerprint density at radius 3 is 2.87 bits per heavy atom. The van der Waals surface area contributed by atoms with E-state index in [0.717, 1.165) is 29.2 Å². The normalized spacial score (nSPS) is 16.5. The van der Waals surface area contributed by atoms with Crippen molar-refractivity contribution in [1.82, 2.24) is 29.9 Å². The summed E-state index contributed by atoms with van der Waals surface area (Å²) >= 11 is 1.42. The summed E-state index contributed by atoms with van der Waals surface area (Å²) in [5, 5.41) is 9.20. The van der Waals surface area contributed by atoms with Crippen LogP contribution in [0.25, 0.3) is 21.7 Å². The van der Waals surface area contributed by atoms with E-state index in [9.17, 15) is 0 Å². The zero-order chi connectivity index (χ0) is 20.5. The topological polar surface area (TPSA) is 140 Å². The first kappa shape index (κ1) is 18.9. The maximum atomic E-state index is 5.94. The number of anilines is 2. The highest BCUT2D eigenvalue weighted by Gasteiger charge is 2.18. The summed E-state index contributed by atoms with van der Waals surface area (Å²) in [6, 6.07) is 7.66. The lowest BCUT2D eigenvalue weighted by Crippen LogP contribution is -2.12. The van der Waals surface area contributed by atoms with Gasteiger partial charge in [-0.2, -0.15) is 4.98 Å². The van der Waals surface area contributed by atoms with Crippen molar-refractivity contribution < 1.29 is 9.47 Å². The van der Waals surface area contributed by atoms with E-state index in [1.807, 2.05) is 30.5 Å². The van der Waals surface area contributed by atoms with Gasteiger partial charge in [-0.05, 0) is 30.2 Å². The van der Waals surface area contributed by atoms with Crippen molar-refractivity contribution in [3.63, 3.8) is 0 Å². The van der Waals surface area contributed by atoms with Gasteiger partial charge in [0.05, 0.1) is 41.4 Å². The summed E-state index contributed by atoms with van der Waals surface area (Å²) in [4.78, 5) is 14.1. The predicted molar refractivity (Wildman–Crippen MR) is 113 cm³/mol. The van der Waals surface area contributed by atoms with Gasteiger partial charge in [0.15, 0.2) is 11.2 Å². The first-order valence-corrected chi connectivity index (χ1v) is 10.3. The molecule has 5 heterocycles. The molecule has 4 aromatic heterocycles. The fourth-order valence-electron chi connectivity index (χ4n) is 3.28. The van der Waals surface area contributed by atoms with E-state index in [1.165, 1.54) is 11.3 Å². The number of thiophene rings is 1. The highest BCUT2D eigenvalue weighted by atomic mass is 32.1. The molecule has 1 fully saturated rings. The lowest BCUT2D eigenvalue weighted by Gasteiger charge is -2.10. The van der Waals surface area contributed by atoms with Crippen LogP contribution in [0.1, 0.15) is 17.7 Å². The van der Waals surface area contributed by atoms with Crippen LogP contribution in [0.15, 0.2) is 30.5 Å². The average Bonchev–Trinajstić information content (AvgIpc) is 3.49. The van der Waals surface area contributed by atoms with Gasteiger partial charge in [-0.3, -0.25) is 4.98 Å². The van der Waals surface area contributed by atoms with Crippen molar-refractivity contribution in [1.29, 1.82) is 0 Å². The fourth-order valence-corrected chi connectivity index (χ4v) is 4.04. The fraction of sp³-hybridized carbons (Fsp3) is 0.316. The van der Waals surface area contributed by atoms with Gasteiger partial charge >= 0.3 is 0 Å². The quantitative estimate of drug-likeness (QED) is 0.474. The molecule has 1 unspecified atom stereocenters. The van der Waals surface area contributed by atoms with Crippen molar-refractivity contribution in [2.45, 2.75) is 25.7 Å². The van der Waals surface area contributed by atoms with Gasteiger partial charge < -0.3 is 20.9 Å². The van der Waals surface area contributed by atoms with Crippen LogP contribution in [0.3, 0.4) is 0 Å². The molecule has 0 saturated carbocycles. The second-order valence-corrected chi connectivity index (χ2v) is 8.12. The Hall–Kier alpha value is -3.15. The van der Waals surface area contributed by atoms with E-state index in [1.54, 1.807) is 4.68 Å². The number of ether oxygens (including phenoxy) is 2. The van der Waals surface area contributed by atoms with Gasteiger partial charge in [-0.25, -0.2) is 9.67 Å². The Bertz CT molecular complexity index is 1170. The molecule has 4 N–H and O–H groups in total. The molecule has 30 heavy (non-hydrogen) atoms. The van der Waals surface area contributed by atoms with E-state index in [-0.39, 0.29) is 12.1 Å². The van der Waals surface area contributed by atoms with Crippen LogP contribution in [0.2, 0.25) is 0 Å². The Morgan fingerprint density at radius 2 is 2.13 bits per heavy atom. The lowest BCUT2D eigenvalue weighted by molar-refractivity contribution is 0.0316. The summed E-state index contributed by atoms with van der Waals surface area (Å²) in [6.07, 6.45) is 2.92. The summed E-state index contributed by atoms with van der Waals surface area (Å²) in [5.74, 6) is 0.157. The maximum Gasteiger partial charge on any atom is 0.222 e. The van der Waals surface area contributed by atoms with Crippen molar-refractivity contribution in [3.8, 4) is 10.6 Å². The SMILES string of the molecule is Nc1nc(-c2ccc(N)s2)c2nnn(Cc3ccc(COC4CCOC4)cn3)c2n1. The van der Waals surface area contributed by atoms with Crippen LogP contribution < -0.4 is 11.5 Å². The van der Waals surface area contributed by atoms with E-state index in [4.69, 9.17) is 20.9 Å². The Balaban J connectivity index is 1.36. The number of hydrogen-bond acceptors (Lipinski definition) is 10. The molecule has 0 amide bonds. The van der Waals surface area contributed by atoms with Crippen molar-refractivity contribution in [2.75, 3.05) is 24.7 Å². The smallest absolute Gasteiger partial charge is 0.222 e. The molecule has 0 aliphatic carbocycles. The van der Waals surface area contributed by atoms with E-state index in [2.05, 4.69) is 25.3 Å². The molecule has 1 saturated heterocycles. The summed E-state index contributed by atoms with van der Waals surface area (Å²) in [6.45, 7) is 2.36. The number of hydrogen-bond donors (Lipinski definition) is 2. The standard InChI is InChI=1S/C19H20N8O2S/c20-15-4-3-14(30-15)16-17-18(24-19(21)23-16)27(26-25-17)8-12-2-1-11(7-22-12)9-29-13-5-6-28-10-13/h1-4,7,13H,5-6,8-10,20H2,(H2,21,23,24). The second-order valence-electron chi connectivity index (χ2n) is 7.01. The highest BCUT2D eigenvalue weighted by Crippen LogP contribution is 2.32. The first-order chi connectivity index (χ1) is 14.7. The molecule has 4 aromatic rings. The van der Waals surface area contributed by atoms with Crippen molar-refractivity contribution in [3.05, 3.63) is 41.7 Å². The molecule has 0 radical (unpaired) electrons. The number of nitrogen functional groups attached to an aromatic ring is 2. The number of nitrogens with zero attached hydrogens (tertiary/aromatic N) is 6. The summed E-state index contributed by atoms with van der Waals surface area (Å²) < 4.78 is 12.8. The third-order valence-corrected chi connectivity index (χ3v) is 5.73. The molecule has 0 bridgehead atoms. The zero-order valence-electron chi connectivity index (χ0n) is 16.1. The number of rotatable bonds is 6. The van der Waals surface area contributed by atoms with Gasteiger partial charge in [0.2, 0.25) is 5.95 Å². The Kier molecular flexibility index (Phi) is 4.99. The molecule has 1 atom stereocenters. The number of fused-ring (bicyclic) bond motifs is 1. The van der Waals surface area contributed by atoms with Crippen LogP contribution in [-0.4, -0.2) is 49.3 Å². The summed E-state index contributed by atoms with van der Waals surface area (Å²) in [5.41, 5.74) is 15.4. The number of aromatic nitrogens is 6. The van der Waals surface area contributed by atoms with E-state index in [0.29, 0.717) is 41.6 Å². The molecule has 0 aromatic carbocycles. The third kappa shape index (κ3) is 3.82. The monoisotopic (exact) mass is 424 g/mol. The first-order valence-electron chi connectivity index (χ1n) is 9.51. The maximum absolute atomic E-state index is 5.94. The molecule has 1 aliphatic rings. The van der Waals surface area contributed by atoms with Gasteiger partial charge in [-0.15, -0.1) is 16.4 Å².